The third-order valence-corrected chi connectivity index (χ3v) is 3.79. The van der Waals surface area contributed by atoms with Crippen molar-refractivity contribution in [2.75, 3.05) is 17.6 Å². The molecule has 0 aliphatic rings. The molecule has 5 N–H and O–H groups in total. The van der Waals surface area contributed by atoms with Crippen LogP contribution in [0.4, 0.5) is 11.5 Å². The van der Waals surface area contributed by atoms with Gasteiger partial charge < -0.3 is 16.2 Å². The molecule has 2 aromatic rings. The fraction of sp³-hybridized carbons (Fsp3) is 0.444. The van der Waals surface area contributed by atoms with E-state index in [1.807, 2.05) is 51.1 Å². The van der Waals surface area contributed by atoms with Gasteiger partial charge in [0.15, 0.2) is 0 Å². The average Bonchev–Trinajstić information content (AvgIpc) is 2.50. The van der Waals surface area contributed by atoms with E-state index in [1.54, 1.807) is 0 Å². The minimum absolute atomic E-state index is 0.0366. The number of rotatable bonds is 6. The third kappa shape index (κ3) is 5.22. The van der Waals surface area contributed by atoms with Gasteiger partial charge in [-0.05, 0) is 17.4 Å². The number of H-pyrrole nitrogens is 1. The Balaban J connectivity index is 2.23. The first kappa shape index (κ1) is 18.8. The fourth-order valence-corrected chi connectivity index (χ4v) is 2.68. The molecule has 1 aromatic heterocycles. The molecule has 7 heteroatoms. The summed E-state index contributed by atoms with van der Waals surface area (Å²) in [6.45, 7) is 6.50. The van der Waals surface area contributed by atoms with Crippen LogP contribution < -0.4 is 22.3 Å². The lowest BCUT2D eigenvalue weighted by Crippen LogP contribution is -2.35. The molecule has 0 radical (unpaired) electrons. The van der Waals surface area contributed by atoms with E-state index in [2.05, 4.69) is 10.3 Å². The Hall–Kier alpha value is -2.54. The van der Waals surface area contributed by atoms with E-state index in [-0.39, 0.29) is 30.0 Å². The van der Waals surface area contributed by atoms with Crippen molar-refractivity contribution in [2.45, 2.75) is 39.8 Å². The van der Waals surface area contributed by atoms with Gasteiger partial charge in [-0.15, -0.1) is 0 Å². The molecule has 0 aliphatic heterocycles. The van der Waals surface area contributed by atoms with Crippen molar-refractivity contribution in [1.82, 2.24) is 9.55 Å². The number of aromatic amines is 1. The summed E-state index contributed by atoms with van der Waals surface area (Å²) >= 11 is 0. The van der Waals surface area contributed by atoms with Gasteiger partial charge >= 0.3 is 5.69 Å². The number of anilines is 2. The topological polar surface area (TPSA) is 113 Å². The number of benzene rings is 1. The van der Waals surface area contributed by atoms with Crippen LogP contribution in [0, 0.1) is 5.41 Å². The maximum Gasteiger partial charge on any atom is 0.330 e. The normalized spacial score (nSPS) is 12.8. The SMILES string of the molecule is CC(C)(C)CC(O)CNc1c(N)n(Cc2ccccc2)c(=O)[nH]c1=O. The van der Waals surface area contributed by atoms with E-state index in [9.17, 15) is 14.7 Å². The van der Waals surface area contributed by atoms with Crippen molar-refractivity contribution in [2.24, 2.45) is 5.41 Å². The van der Waals surface area contributed by atoms with Crippen molar-refractivity contribution in [1.29, 1.82) is 0 Å². The second-order valence-corrected chi connectivity index (χ2v) is 7.39. The maximum atomic E-state index is 12.1. The average molecular weight is 346 g/mol. The van der Waals surface area contributed by atoms with Crippen molar-refractivity contribution in [3.63, 3.8) is 0 Å². The predicted molar refractivity (Wildman–Crippen MR) is 99.8 cm³/mol. The van der Waals surface area contributed by atoms with Gasteiger partial charge in [0.1, 0.15) is 11.5 Å². The summed E-state index contributed by atoms with van der Waals surface area (Å²) in [6.07, 6.45) is -0.0603. The smallest absolute Gasteiger partial charge is 0.330 e. The van der Waals surface area contributed by atoms with Crippen molar-refractivity contribution in [3.8, 4) is 0 Å². The summed E-state index contributed by atoms with van der Waals surface area (Å²) in [7, 11) is 0. The van der Waals surface area contributed by atoms with Crippen LogP contribution in [0.5, 0.6) is 0 Å². The number of nitrogens with one attached hydrogen (secondary N) is 2. The van der Waals surface area contributed by atoms with E-state index in [4.69, 9.17) is 5.73 Å². The summed E-state index contributed by atoms with van der Waals surface area (Å²) in [5.41, 5.74) is 5.85. The molecule has 0 fully saturated rings. The summed E-state index contributed by atoms with van der Waals surface area (Å²) < 4.78 is 1.30. The van der Waals surface area contributed by atoms with Gasteiger partial charge in [0.05, 0.1) is 12.6 Å². The molecule has 2 rings (SSSR count). The second kappa shape index (κ2) is 7.57. The van der Waals surface area contributed by atoms with Crippen LogP contribution in [0.2, 0.25) is 0 Å². The molecular formula is C18H26N4O3. The number of nitrogen functional groups attached to an aromatic ring is 1. The molecule has 0 spiro atoms. The highest BCUT2D eigenvalue weighted by Gasteiger charge is 2.18. The van der Waals surface area contributed by atoms with Crippen LogP contribution >= 0.6 is 0 Å². The highest BCUT2D eigenvalue weighted by molar-refractivity contribution is 5.60. The highest BCUT2D eigenvalue weighted by Crippen LogP contribution is 2.21. The molecule has 1 heterocycles. The molecule has 0 amide bonds. The molecule has 1 atom stereocenters. The number of hydrogen-bond acceptors (Lipinski definition) is 5. The van der Waals surface area contributed by atoms with Crippen LogP contribution in [-0.4, -0.2) is 27.3 Å². The zero-order valence-corrected chi connectivity index (χ0v) is 14.9. The van der Waals surface area contributed by atoms with E-state index < -0.39 is 17.4 Å². The standard InChI is InChI=1S/C18H26N4O3/c1-18(2,3)9-13(23)10-20-14-15(19)22(17(25)21-16(14)24)11-12-7-5-4-6-8-12/h4-8,13,20,23H,9-11,19H2,1-3H3,(H,21,24,25). The van der Waals surface area contributed by atoms with Crippen LogP contribution in [0.15, 0.2) is 39.9 Å². The lowest BCUT2D eigenvalue weighted by atomic mass is 9.89. The molecule has 0 saturated carbocycles. The van der Waals surface area contributed by atoms with Crippen molar-refractivity contribution >= 4 is 11.5 Å². The Labute approximate surface area is 146 Å². The molecule has 0 bridgehead atoms. The van der Waals surface area contributed by atoms with Crippen LogP contribution in [-0.2, 0) is 6.54 Å². The van der Waals surface area contributed by atoms with Gasteiger partial charge in [-0.2, -0.15) is 0 Å². The largest absolute Gasteiger partial charge is 0.391 e. The lowest BCUT2D eigenvalue weighted by Gasteiger charge is -2.23. The Morgan fingerprint density at radius 1 is 1.24 bits per heavy atom. The molecular weight excluding hydrogens is 320 g/mol. The van der Waals surface area contributed by atoms with Crippen molar-refractivity contribution < 1.29 is 5.11 Å². The Bertz CT molecular complexity index is 819. The molecule has 1 unspecified atom stereocenters. The third-order valence-electron chi connectivity index (χ3n) is 3.79. The molecule has 0 aliphatic carbocycles. The summed E-state index contributed by atoms with van der Waals surface area (Å²) in [5.74, 6) is 0.0561. The van der Waals surface area contributed by atoms with Gasteiger partial charge in [-0.25, -0.2) is 4.79 Å². The van der Waals surface area contributed by atoms with Gasteiger partial charge in [0.2, 0.25) is 0 Å². The summed E-state index contributed by atoms with van der Waals surface area (Å²) in [5, 5.41) is 13.0. The quantitative estimate of drug-likeness (QED) is 0.631. The zero-order chi connectivity index (χ0) is 18.6. The van der Waals surface area contributed by atoms with Crippen molar-refractivity contribution in [3.05, 3.63) is 56.7 Å². The van der Waals surface area contributed by atoms with Crippen LogP contribution in [0.25, 0.3) is 0 Å². The lowest BCUT2D eigenvalue weighted by molar-refractivity contribution is 0.132. The summed E-state index contributed by atoms with van der Waals surface area (Å²) in [4.78, 5) is 26.4. The predicted octanol–water partition coefficient (Wildman–Crippen LogP) is 1.38. The molecule has 1 aromatic carbocycles. The Morgan fingerprint density at radius 3 is 2.48 bits per heavy atom. The zero-order valence-electron chi connectivity index (χ0n) is 14.9. The summed E-state index contributed by atoms with van der Waals surface area (Å²) in [6, 6.07) is 9.36. The number of nitrogens with two attached hydrogens (primary N) is 1. The van der Waals surface area contributed by atoms with Gasteiger partial charge in [0.25, 0.3) is 5.56 Å². The van der Waals surface area contributed by atoms with Gasteiger partial charge in [-0.3, -0.25) is 14.3 Å². The number of nitrogens with zero attached hydrogens (tertiary/aromatic N) is 1. The van der Waals surface area contributed by atoms with Gasteiger partial charge in [0, 0.05) is 6.54 Å². The first-order valence-electron chi connectivity index (χ1n) is 8.26. The Kier molecular flexibility index (Phi) is 5.69. The molecule has 25 heavy (non-hydrogen) atoms. The number of aliphatic hydroxyl groups is 1. The van der Waals surface area contributed by atoms with E-state index in [0.29, 0.717) is 6.42 Å². The molecule has 0 saturated heterocycles. The minimum Gasteiger partial charge on any atom is -0.391 e. The van der Waals surface area contributed by atoms with Crippen LogP contribution in [0.3, 0.4) is 0 Å². The minimum atomic E-state index is -0.631. The van der Waals surface area contributed by atoms with E-state index in [1.165, 1.54) is 4.57 Å². The van der Waals surface area contributed by atoms with Gasteiger partial charge in [-0.1, -0.05) is 51.1 Å². The number of aromatic nitrogens is 2. The number of hydrogen-bond donors (Lipinski definition) is 4. The Morgan fingerprint density at radius 2 is 1.88 bits per heavy atom. The first-order chi connectivity index (χ1) is 11.7. The van der Waals surface area contributed by atoms with E-state index in [0.717, 1.165) is 5.56 Å². The monoisotopic (exact) mass is 346 g/mol. The molecule has 136 valence electrons. The fourth-order valence-electron chi connectivity index (χ4n) is 2.68. The highest BCUT2D eigenvalue weighted by atomic mass is 16.3. The second-order valence-electron chi connectivity index (χ2n) is 7.39. The molecule has 7 nitrogen and oxygen atoms in total. The van der Waals surface area contributed by atoms with E-state index >= 15 is 0 Å². The first-order valence-corrected chi connectivity index (χ1v) is 8.26. The maximum absolute atomic E-state index is 12.1. The number of aliphatic hydroxyl groups excluding tert-OH is 1. The van der Waals surface area contributed by atoms with Crippen LogP contribution in [0.1, 0.15) is 32.8 Å².